The molecule has 2 fully saturated rings. The second-order valence-corrected chi connectivity index (χ2v) is 10.8. The number of nitrogens with one attached hydrogen (secondary N) is 2. The summed E-state index contributed by atoms with van der Waals surface area (Å²) in [7, 11) is 0. The monoisotopic (exact) mass is 566 g/mol. The van der Waals surface area contributed by atoms with Gasteiger partial charge in [0.15, 0.2) is 5.78 Å². The molecule has 2 aliphatic heterocycles. The van der Waals surface area contributed by atoms with E-state index in [-0.39, 0.29) is 17.2 Å². The third-order valence-corrected chi connectivity index (χ3v) is 7.98. The summed E-state index contributed by atoms with van der Waals surface area (Å²) < 4.78 is 19.8. The summed E-state index contributed by atoms with van der Waals surface area (Å²) in [4.78, 5) is 26.3. The van der Waals surface area contributed by atoms with Crippen molar-refractivity contribution in [1.82, 2.24) is 25.1 Å². The number of piperazine rings is 1. The average molecular weight is 567 g/mol. The molecule has 0 saturated carbocycles. The molecule has 5 rings (SSSR count). The van der Waals surface area contributed by atoms with Crippen LogP contribution in [0, 0.1) is 5.82 Å². The molecule has 3 heterocycles. The van der Waals surface area contributed by atoms with Gasteiger partial charge in [-0.3, -0.25) is 9.69 Å². The lowest BCUT2D eigenvalue weighted by molar-refractivity contribution is -0.114. The number of hydrogen-bond donors (Lipinski definition) is 2. The van der Waals surface area contributed by atoms with Crippen LogP contribution in [-0.4, -0.2) is 84.0 Å². The number of likely N-dealkylation sites (tertiary alicyclic amines) is 1. The number of halogens is 2. The fraction of sp³-hybridized carbons (Fsp3) is 0.433. The summed E-state index contributed by atoms with van der Waals surface area (Å²) in [6, 6.07) is 8.81. The number of nitrogens with zero attached hydrogens (tertiary/aromatic N) is 4. The van der Waals surface area contributed by atoms with E-state index in [0.29, 0.717) is 35.4 Å². The van der Waals surface area contributed by atoms with Gasteiger partial charge in [-0.15, -0.1) is 0 Å². The van der Waals surface area contributed by atoms with Crippen molar-refractivity contribution in [3.05, 3.63) is 65.7 Å². The molecule has 8 nitrogen and oxygen atoms in total. The van der Waals surface area contributed by atoms with Gasteiger partial charge in [0.25, 0.3) is 0 Å². The van der Waals surface area contributed by atoms with E-state index in [1.54, 1.807) is 6.07 Å². The number of carbonyl (C=O) groups excluding carboxylic acids is 1. The molecule has 2 N–H and O–H groups in total. The second kappa shape index (κ2) is 13.5. The van der Waals surface area contributed by atoms with Gasteiger partial charge in [-0.25, -0.2) is 14.4 Å². The molecule has 40 heavy (non-hydrogen) atoms. The lowest BCUT2D eigenvalue weighted by Crippen LogP contribution is -2.52. The lowest BCUT2D eigenvalue weighted by Gasteiger charge is -2.40. The molecule has 0 amide bonds. The molecule has 2 aliphatic rings. The molecular formula is C30H36ClFN6O2. The number of anilines is 2. The second-order valence-electron chi connectivity index (χ2n) is 10.4. The number of benzene rings is 2. The van der Waals surface area contributed by atoms with Crippen LogP contribution in [0.3, 0.4) is 0 Å². The van der Waals surface area contributed by atoms with Crippen molar-refractivity contribution in [2.75, 3.05) is 57.7 Å². The van der Waals surface area contributed by atoms with Crippen LogP contribution in [0.5, 0.6) is 5.75 Å². The Bertz CT molecular complexity index is 1340. The molecule has 0 radical (unpaired) electrons. The van der Waals surface area contributed by atoms with E-state index in [0.717, 1.165) is 63.2 Å². The highest BCUT2D eigenvalue weighted by atomic mass is 35.5. The van der Waals surface area contributed by atoms with Crippen molar-refractivity contribution < 1.29 is 13.9 Å². The summed E-state index contributed by atoms with van der Waals surface area (Å²) in [5.41, 5.74) is 2.00. The van der Waals surface area contributed by atoms with E-state index in [9.17, 15) is 9.18 Å². The van der Waals surface area contributed by atoms with Crippen molar-refractivity contribution in [2.45, 2.75) is 31.7 Å². The highest BCUT2D eigenvalue weighted by Gasteiger charge is 2.25. The first-order valence-electron chi connectivity index (χ1n) is 13.9. The van der Waals surface area contributed by atoms with Gasteiger partial charge in [0.1, 0.15) is 23.7 Å². The zero-order chi connectivity index (χ0) is 27.9. The van der Waals surface area contributed by atoms with Crippen LogP contribution in [-0.2, 0) is 11.2 Å². The van der Waals surface area contributed by atoms with Gasteiger partial charge in [-0.2, -0.15) is 0 Å². The molecule has 0 bridgehead atoms. The first-order chi connectivity index (χ1) is 19.5. The van der Waals surface area contributed by atoms with Gasteiger partial charge >= 0.3 is 0 Å². The summed E-state index contributed by atoms with van der Waals surface area (Å²) in [5, 5.41) is 7.35. The molecule has 0 aliphatic carbocycles. The molecule has 0 atom stereocenters. The number of fused-ring (bicyclic) bond motifs is 1. The van der Waals surface area contributed by atoms with Crippen molar-refractivity contribution in [1.29, 1.82) is 0 Å². The Balaban J connectivity index is 1.23. The third-order valence-electron chi connectivity index (χ3n) is 7.69. The zero-order valence-electron chi connectivity index (χ0n) is 22.7. The summed E-state index contributed by atoms with van der Waals surface area (Å²) >= 11 is 5.95. The number of allylic oxidation sites excluding steroid dienone is 1. The van der Waals surface area contributed by atoms with Gasteiger partial charge in [0, 0.05) is 67.9 Å². The SMILES string of the molecule is C=CC(=O)Cc1cc2c(Nc3ccc(F)c(Cl)c3)ncnc2cc1OCCCN1CCC(N2CCNCC2)CC1. The predicted octanol–water partition coefficient (Wildman–Crippen LogP) is 4.60. The van der Waals surface area contributed by atoms with Crippen LogP contribution in [0.25, 0.3) is 10.9 Å². The van der Waals surface area contributed by atoms with E-state index in [1.165, 1.54) is 37.4 Å². The fourth-order valence-corrected chi connectivity index (χ4v) is 5.68. The van der Waals surface area contributed by atoms with Crippen LogP contribution in [0.4, 0.5) is 15.9 Å². The largest absolute Gasteiger partial charge is 0.493 e. The maximum atomic E-state index is 13.6. The van der Waals surface area contributed by atoms with E-state index in [2.05, 4.69) is 37.0 Å². The maximum absolute atomic E-state index is 13.6. The Labute approximate surface area is 239 Å². The van der Waals surface area contributed by atoms with E-state index >= 15 is 0 Å². The van der Waals surface area contributed by atoms with E-state index in [1.807, 2.05) is 12.1 Å². The number of piperidine rings is 1. The lowest BCUT2D eigenvalue weighted by atomic mass is 10.0. The van der Waals surface area contributed by atoms with Crippen molar-refractivity contribution >= 4 is 39.8 Å². The van der Waals surface area contributed by atoms with Crippen LogP contribution in [0.15, 0.2) is 49.3 Å². The van der Waals surface area contributed by atoms with Crippen molar-refractivity contribution in [2.24, 2.45) is 0 Å². The summed E-state index contributed by atoms with van der Waals surface area (Å²) in [5.74, 6) is 0.560. The minimum atomic E-state index is -0.494. The quantitative estimate of drug-likeness (QED) is 0.257. The Morgan fingerprint density at radius 2 is 1.98 bits per heavy atom. The summed E-state index contributed by atoms with van der Waals surface area (Å²) in [6.07, 6.45) is 6.27. The van der Waals surface area contributed by atoms with Gasteiger partial charge in [-0.05, 0) is 62.7 Å². The molecule has 2 aromatic carbocycles. The molecule has 0 unspecified atom stereocenters. The molecule has 212 valence electrons. The highest BCUT2D eigenvalue weighted by Crippen LogP contribution is 2.31. The Morgan fingerprint density at radius 1 is 1.18 bits per heavy atom. The minimum Gasteiger partial charge on any atom is -0.493 e. The molecule has 3 aromatic rings. The Hall–Kier alpha value is -3.11. The molecule has 2 saturated heterocycles. The van der Waals surface area contributed by atoms with Gasteiger partial charge in [0.05, 0.1) is 17.1 Å². The number of aromatic nitrogens is 2. The van der Waals surface area contributed by atoms with Gasteiger partial charge in [0.2, 0.25) is 0 Å². The average Bonchev–Trinajstić information content (AvgIpc) is 2.98. The number of carbonyl (C=O) groups is 1. The standard InChI is InChI=1S/C30H36ClFN6O2/c1-2-24(39)16-21-17-25-28(34-20-35-30(25)36-22-4-5-27(32)26(31)18-22)19-29(21)40-15-3-10-37-11-6-23(7-12-37)38-13-8-33-9-14-38/h2,4-5,17-20,23,33H,1,3,6-16H2,(H,34,35,36). The van der Waals surface area contributed by atoms with Crippen LogP contribution in [0.1, 0.15) is 24.8 Å². The van der Waals surface area contributed by atoms with Crippen LogP contribution < -0.4 is 15.4 Å². The maximum Gasteiger partial charge on any atom is 0.159 e. The smallest absolute Gasteiger partial charge is 0.159 e. The topological polar surface area (TPSA) is 82.6 Å². The molecule has 0 spiro atoms. The predicted molar refractivity (Wildman–Crippen MR) is 157 cm³/mol. The molecule has 10 heteroatoms. The van der Waals surface area contributed by atoms with Crippen molar-refractivity contribution in [3.8, 4) is 5.75 Å². The molecule has 1 aromatic heterocycles. The highest BCUT2D eigenvalue weighted by molar-refractivity contribution is 6.31. The normalized spacial score (nSPS) is 17.1. The number of hydrogen-bond acceptors (Lipinski definition) is 8. The first kappa shape index (κ1) is 28.4. The minimum absolute atomic E-state index is 0.0141. The van der Waals surface area contributed by atoms with E-state index < -0.39 is 5.82 Å². The van der Waals surface area contributed by atoms with E-state index in [4.69, 9.17) is 16.3 Å². The van der Waals surface area contributed by atoms with Crippen LogP contribution >= 0.6 is 11.6 Å². The van der Waals surface area contributed by atoms with Crippen molar-refractivity contribution in [3.63, 3.8) is 0 Å². The number of ether oxygens (including phenoxy) is 1. The first-order valence-corrected chi connectivity index (χ1v) is 14.3. The summed E-state index contributed by atoms with van der Waals surface area (Å²) in [6.45, 7) is 11.9. The van der Waals surface area contributed by atoms with Gasteiger partial charge in [-0.1, -0.05) is 18.2 Å². The Kier molecular flexibility index (Phi) is 9.59. The third kappa shape index (κ3) is 7.14. The Morgan fingerprint density at radius 3 is 2.73 bits per heavy atom. The fourth-order valence-electron chi connectivity index (χ4n) is 5.50. The molecular weight excluding hydrogens is 531 g/mol. The zero-order valence-corrected chi connectivity index (χ0v) is 23.4. The van der Waals surface area contributed by atoms with Gasteiger partial charge < -0.3 is 20.3 Å². The number of rotatable bonds is 11. The van der Waals surface area contributed by atoms with Crippen LogP contribution in [0.2, 0.25) is 5.02 Å². The number of ketones is 1.